The third-order valence-corrected chi connectivity index (χ3v) is 7.29. The lowest BCUT2D eigenvalue weighted by atomic mass is 9.87. The Kier molecular flexibility index (Phi) is 7.32. The quantitative estimate of drug-likeness (QED) is 0.657. The number of amides is 3. The van der Waals surface area contributed by atoms with Gasteiger partial charge in [0.25, 0.3) is 11.8 Å². The molecule has 2 aromatic rings. The lowest BCUT2D eigenvalue weighted by Crippen LogP contribution is -2.42. The van der Waals surface area contributed by atoms with Gasteiger partial charge in [-0.15, -0.1) is 11.3 Å². The van der Waals surface area contributed by atoms with E-state index in [2.05, 4.69) is 15.8 Å². The summed E-state index contributed by atoms with van der Waals surface area (Å²) in [6, 6.07) is 2.40. The first-order valence-electron chi connectivity index (χ1n) is 11.2. The van der Waals surface area contributed by atoms with E-state index < -0.39 is 23.4 Å². The Morgan fingerprint density at radius 3 is 2.21 bits per heavy atom. The number of carbonyl (C=O) groups excluding carboxylic acids is 3. The van der Waals surface area contributed by atoms with Crippen LogP contribution in [-0.4, -0.2) is 40.7 Å². The predicted octanol–water partition coefficient (Wildman–Crippen LogP) is 3.78. The van der Waals surface area contributed by atoms with Crippen LogP contribution in [-0.2, 0) is 4.79 Å². The van der Waals surface area contributed by atoms with Crippen molar-refractivity contribution in [2.75, 3.05) is 13.1 Å². The fourth-order valence-electron chi connectivity index (χ4n) is 4.47. The van der Waals surface area contributed by atoms with E-state index in [0.717, 1.165) is 55.7 Å². The number of hydrogen-bond acceptors (Lipinski definition) is 5. The topological polar surface area (TPSA) is 91.4 Å². The average molecular weight is 477 g/mol. The molecule has 1 saturated heterocycles. The van der Waals surface area contributed by atoms with Gasteiger partial charge in [0.2, 0.25) is 5.91 Å². The Hall–Kier alpha value is -2.88. The summed E-state index contributed by atoms with van der Waals surface area (Å²) >= 11 is 1.37. The monoisotopic (exact) mass is 476 g/mol. The highest BCUT2D eigenvalue weighted by atomic mass is 32.1. The number of carbonyl (C=O) groups is 3. The maximum atomic E-state index is 13.3. The molecule has 0 spiro atoms. The van der Waals surface area contributed by atoms with Crippen LogP contribution in [0.4, 0.5) is 8.78 Å². The first kappa shape index (κ1) is 23.3. The molecule has 1 aliphatic heterocycles. The van der Waals surface area contributed by atoms with Gasteiger partial charge in [-0.25, -0.2) is 13.8 Å². The highest BCUT2D eigenvalue weighted by Gasteiger charge is 2.30. The Bertz CT molecular complexity index is 1010. The number of halogens is 2. The molecule has 10 heteroatoms. The fraction of sp³-hybridized carbons (Fsp3) is 0.478. The van der Waals surface area contributed by atoms with E-state index in [9.17, 15) is 23.2 Å². The molecule has 1 saturated carbocycles. The van der Waals surface area contributed by atoms with Crippen molar-refractivity contribution in [3.05, 3.63) is 51.5 Å². The van der Waals surface area contributed by atoms with E-state index in [1.165, 1.54) is 17.8 Å². The molecule has 2 aliphatic rings. The number of likely N-dealkylation sites (tertiary alicyclic amines) is 1. The summed E-state index contributed by atoms with van der Waals surface area (Å²) in [6.07, 6.45) is 7.08. The maximum absolute atomic E-state index is 13.3. The van der Waals surface area contributed by atoms with Gasteiger partial charge in [0.05, 0.1) is 5.01 Å². The average Bonchev–Trinajstić information content (AvgIpc) is 3.32. The lowest BCUT2D eigenvalue weighted by Gasteiger charge is -2.34. The minimum absolute atomic E-state index is 0.154. The Morgan fingerprint density at radius 1 is 0.909 bits per heavy atom. The van der Waals surface area contributed by atoms with E-state index >= 15 is 0 Å². The molecule has 0 unspecified atom stereocenters. The fourth-order valence-corrected chi connectivity index (χ4v) is 5.44. The van der Waals surface area contributed by atoms with Crippen molar-refractivity contribution in [3.8, 4) is 0 Å². The third-order valence-electron chi connectivity index (χ3n) is 6.28. The minimum atomic E-state index is -0.887. The van der Waals surface area contributed by atoms with E-state index in [-0.39, 0.29) is 29.0 Å². The number of nitrogens with zero attached hydrogens (tertiary/aromatic N) is 2. The van der Waals surface area contributed by atoms with Crippen molar-refractivity contribution in [2.45, 2.75) is 50.9 Å². The third kappa shape index (κ3) is 5.73. The van der Waals surface area contributed by atoms with Gasteiger partial charge in [-0.2, -0.15) is 0 Å². The number of thiazole rings is 1. The van der Waals surface area contributed by atoms with Crippen molar-refractivity contribution in [1.82, 2.24) is 20.7 Å². The van der Waals surface area contributed by atoms with Crippen molar-refractivity contribution in [2.24, 2.45) is 5.92 Å². The second kappa shape index (κ2) is 10.4. The molecule has 2 fully saturated rings. The molecule has 1 aromatic carbocycles. The summed E-state index contributed by atoms with van der Waals surface area (Å²) in [4.78, 5) is 43.5. The molecular weight excluding hydrogens is 450 g/mol. The van der Waals surface area contributed by atoms with Crippen LogP contribution in [0.3, 0.4) is 0 Å². The molecule has 0 radical (unpaired) electrons. The van der Waals surface area contributed by atoms with Gasteiger partial charge in [-0.3, -0.25) is 25.2 Å². The Morgan fingerprint density at radius 2 is 1.55 bits per heavy atom. The Balaban J connectivity index is 1.27. The Labute approximate surface area is 194 Å². The predicted molar refractivity (Wildman–Crippen MR) is 119 cm³/mol. The van der Waals surface area contributed by atoms with Crippen LogP contribution in [0.1, 0.15) is 76.7 Å². The number of hydrazine groups is 1. The molecule has 1 aromatic heterocycles. The number of nitrogens with one attached hydrogen (secondary N) is 2. The zero-order valence-corrected chi connectivity index (χ0v) is 18.9. The number of benzene rings is 1. The van der Waals surface area contributed by atoms with Crippen LogP contribution in [0, 0.1) is 17.6 Å². The molecule has 1 aliphatic carbocycles. The number of piperidine rings is 1. The number of hydrogen-bond donors (Lipinski definition) is 2. The summed E-state index contributed by atoms with van der Waals surface area (Å²) in [5, 5.41) is 2.43. The summed E-state index contributed by atoms with van der Waals surface area (Å²) in [5.74, 6) is -2.60. The minimum Gasteiger partial charge on any atom is -0.342 e. The van der Waals surface area contributed by atoms with Crippen molar-refractivity contribution in [3.63, 3.8) is 0 Å². The van der Waals surface area contributed by atoms with E-state index in [1.54, 1.807) is 5.38 Å². The molecule has 2 heterocycles. The summed E-state index contributed by atoms with van der Waals surface area (Å²) < 4.78 is 26.5. The SMILES string of the molecule is O=C(NNC(=O)c1csc(C2CCN(C(=O)C3CCCCC3)CC2)n1)c1cc(F)cc(F)c1. The molecule has 33 heavy (non-hydrogen) atoms. The normalized spacial score (nSPS) is 17.6. The van der Waals surface area contributed by atoms with Gasteiger partial charge < -0.3 is 4.90 Å². The molecule has 4 rings (SSSR count). The highest BCUT2D eigenvalue weighted by molar-refractivity contribution is 7.09. The second-order valence-corrected chi connectivity index (χ2v) is 9.46. The van der Waals surface area contributed by atoms with Gasteiger partial charge >= 0.3 is 0 Å². The van der Waals surface area contributed by atoms with Gasteiger partial charge in [0.1, 0.15) is 17.3 Å². The smallest absolute Gasteiger partial charge is 0.289 e. The molecule has 0 atom stereocenters. The largest absolute Gasteiger partial charge is 0.342 e. The maximum Gasteiger partial charge on any atom is 0.289 e. The number of aromatic nitrogens is 1. The van der Waals surface area contributed by atoms with Crippen LogP contribution in [0.2, 0.25) is 0 Å². The molecule has 0 bridgehead atoms. The van der Waals surface area contributed by atoms with E-state index in [0.29, 0.717) is 19.2 Å². The lowest BCUT2D eigenvalue weighted by molar-refractivity contribution is -0.137. The molecule has 7 nitrogen and oxygen atoms in total. The van der Waals surface area contributed by atoms with Crippen LogP contribution >= 0.6 is 11.3 Å². The van der Waals surface area contributed by atoms with Crippen molar-refractivity contribution in [1.29, 1.82) is 0 Å². The van der Waals surface area contributed by atoms with Gasteiger partial charge in [0, 0.05) is 41.9 Å². The van der Waals surface area contributed by atoms with Crippen LogP contribution in [0.25, 0.3) is 0 Å². The van der Waals surface area contributed by atoms with Crippen LogP contribution in [0.15, 0.2) is 23.6 Å². The van der Waals surface area contributed by atoms with E-state index in [4.69, 9.17) is 0 Å². The molecule has 176 valence electrons. The van der Waals surface area contributed by atoms with Crippen molar-refractivity contribution >= 4 is 29.1 Å². The van der Waals surface area contributed by atoms with E-state index in [1.807, 2.05) is 4.90 Å². The second-order valence-electron chi connectivity index (χ2n) is 8.57. The zero-order chi connectivity index (χ0) is 23.4. The summed E-state index contributed by atoms with van der Waals surface area (Å²) in [6.45, 7) is 1.39. The molecular formula is C23H26F2N4O3S. The first-order valence-corrected chi connectivity index (χ1v) is 12.1. The standard InChI is InChI=1S/C23H26F2N4O3S/c24-17-10-16(11-18(25)12-17)20(30)27-28-21(31)19-13-33-22(26-19)14-6-8-29(9-7-14)23(32)15-4-2-1-3-5-15/h10-15H,1-9H2,(H,27,30)(H,28,31). The highest BCUT2D eigenvalue weighted by Crippen LogP contribution is 2.32. The summed E-state index contributed by atoms with van der Waals surface area (Å²) in [7, 11) is 0. The molecule has 3 amide bonds. The van der Waals surface area contributed by atoms with Crippen molar-refractivity contribution < 1.29 is 23.2 Å². The van der Waals surface area contributed by atoms with Gasteiger partial charge in [-0.1, -0.05) is 19.3 Å². The van der Waals surface area contributed by atoms with Gasteiger partial charge in [-0.05, 0) is 37.8 Å². The first-order chi connectivity index (χ1) is 15.9. The van der Waals surface area contributed by atoms with Gasteiger partial charge in [0.15, 0.2) is 0 Å². The zero-order valence-electron chi connectivity index (χ0n) is 18.1. The van der Waals surface area contributed by atoms with Crippen LogP contribution < -0.4 is 10.9 Å². The summed E-state index contributed by atoms with van der Waals surface area (Å²) in [5.41, 5.74) is 4.26. The number of rotatable bonds is 4. The molecule has 2 N–H and O–H groups in total. The van der Waals surface area contributed by atoms with Crippen LogP contribution in [0.5, 0.6) is 0 Å².